The lowest BCUT2D eigenvalue weighted by Gasteiger charge is -2.26. The molecule has 0 radical (unpaired) electrons. The van der Waals surface area contributed by atoms with Crippen LogP contribution in [0.2, 0.25) is 0 Å². The molecule has 3 heteroatoms. The molecule has 0 aliphatic heterocycles. The van der Waals surface area contributed by atoms with Gasteiger partial charge in [-0.05, 0) is 25.3 Å². The zero-order valence-corrected chi connectivity index (χ0v) is 10.8. The minimum Gasteiger partial charge on any atom is -0.389 e. The zero-order chi connectivity index (χ0) is 11.5. The van der Waals surface area contributed by atoms with E-state index in [4.69, 9.17) is 0 Å². The smallest absolute Gasteiger partial charge is 0.0715 e. The van der Waals surface area contributed by atoms with Gasteiger partial charge in [-0.3, -0.25) is 0 Å². The van der Waals surface area contributed by atoms with Crippen LogP contribution in [0.25, 0.3) is 0 Å². The first-order valence-electron chi connectivity index (χ1n) is 5.28. The summed E-state index contributed by atoms with van der Waals surface area (Å²) in [5.74, 6) is 0. The van der Waals surface area contributed by atoms with Crippen LogP contribution in [0.3, 0.4) is 0 Å². The Balaban J connectivity index is 2.44. The van der Waals surface area contributed by atoms with Crippen molar-refractivity contribution in [3.05, 3.63) is 22.4 Å². The zero-order valence-electron chi connectivity index (χ0n) is 10.0. The Morgan fingerprint density at radius 3 is 2.40 bits per heavy atom. The Morgan fingerprint density at radius 2 is 1.93 bits per heavy atom. The quantitative estimate of drug-likeness (QED) is 0.809. The van der Waals surface area contributed by atoms with Crippen LogP contribution in [-0.2, 0) is 5.41 Å². The summed E-state index contributed by atoms with van der Waals surface area (Å²) in [5.41, 5.74) is -0.495. The lowest BCUT2D eigenvalue weighted by molar-refractivity contribution is 0.0786. The summed E-state index contributed by atoms with van der Waals surface area (Å²) in [6.07, 6.45) is 0. The molecular weight excluding hydrogens is 206 g/mol. The van der Waals surface area contributed by atoms with Crippen molar-refractivity contribution in [2.45, 2.75) is 38.7 Å². The van der Waals surface area contributed by atoms with Crippen molar-refractivity contribution in [2.75, 3.05) is 13.1 Å². The molecule has 0 saturated heterocycles. The number of rotatable bonds is 5. The molecule has 0 aromatic carbocycles. The number of thiophene rings is 1. The molecule has 1 heterocycles. The van der Waals surface area contributed by atoms with Gasteiger partial charge in [-0.25, -0.2) is 0 Å². The van der Waals surface area contributed by atoms with Crippen LogP contribution in [0.15, 0.2) is 17.5 Å². The van der Waals surface area contributed by atoms with Crippen LogP contribution in [0.1, 0.15) is 32.6 Å². The maximum Gasteiger partial charge on any atom is 0.0715 e. The van der Waals surface area contributed by atoms with Gasteiger partial charge in [0.2, 0.25) is 0 Å². The SMILES string of the molecule is CC(C)(O)CNCC(C)(C)c1cccs1. The Labute approximate surface area is 96.3 Å². The van der Waals surface area contributed by atoms with Gasteiger partial charge in [0, 0.05) is 23.4 Å². The van der Waals surface area contributed by atoms with E-state index >= 15 is 0 Å². The van der Waals surface area contributed by atoms with Gasteiger partial charge in [-0.15, -0.1) is 11.3 Å². The lowest BCUT2D eigenvalue weighted by Crippen LogP contribution is -2.40. The van der Waals surface area contributed by atoms with Crippen molar-refractivity contribution >= 4 is 11.3 Å². The van der Waals surface area contributed by atoms with E-state index < -0.39 is 5.60 Å². The molecule has 2 nitrogen and oxygen atoms in total. The Bertz CT molecular complexity index is 285. The van der Waals surface area contributed by atoms with Crippen LogP contribution in [-0.4, -0.2) is 23.8 Å². The predicted molar refractivity (Wildman–Crippen MR) is 66.5 cm³/mol. The summed E-state index contributed by atoms with van der Waals surface area (Å²) in [5, 5.41) is 15.0. The van der Waals surface area contributed by atoms with Gasteiger partial charge in [0.25, 0.3) is 0 Å². The Morgan fingerprint density at radius 1 is 1.27 bits per heavy atom. The molecule has 0 fully saturated rings. The van der Waals surface area contributed by atoms with Gasteiger partial charge in [0.05, 0.1) is 5.60 Å². The molecule has 0 aliphatic rings. The third-order valence-corrected chi connectivity index (χ3v) is 3.55. The van der Waals surface area contributed by atoms with E-state index in [1.807, 2.05) is 13.8 Å². The highest BCUT2D eigenvalue weighted by Gasteiger charge is 2.22. The highest BCUT2D eigenvalue weighted by molar-refractivity contribution is 7.10. The standard InChI is InChI=1S/C12H21NOS/c1-11(2,10-6-5-7-15-10)8-13-9-12(3,4)14/h5-7,13-14H,8-9H2,1-4H3. The molecule has 0 unspecified atom stereocenters. The number of hydrogen-bond donors (Lipinski definition) is 2. The molecule has 1 aromatic rings. The van der Waals surface area contributed by atoms with Crippen molar-refractivity contribution in [3.63, 3.8) is 0 Å². The van der Waals surface area contributed by atoms with Crippen molar-refractivity contribution in [3.8, 4) is 0 Å². The van der Waals surface area contributed by atoms with Crippen LogP contribution >= 0.6 is 11.3 Å². The maximum atomic E-state index is 9.59. The molecule has 1 rings (SSSR count). The van der Waals surface area contributed by atoms with Gasteiger partial charge in [-0.1, -0.05) is 19.9 Å². The third-order valence-electron chi connectivity index (χ3n) is 2.31. The van der Waals surface area contributed by atoms with Gasteiger partial charge >= 0.3 is 0 Å². The van der Waals surface area contributed by atoms with Gasteiger partial charge in [0.1, 0.15) is 0 Å². The molecule has 2 N–H and O–H groups in total. The normalized spacial score (nSPS) is 13.1. The second-order valence-electron chi connectivity index (χ2n) is 5.28. The molecule has 1 aromatic heterocycles. The summed E-state index contributed by atoms with van der Waals surface area (Å²) >= 11 is 1.79. The molecule has 0 spiro atoms. The Kier molecular flexibility index (Phi) is 3.93. The molecule has 0 saturated carbocycles. The highest BCUT2D eigenvalue weighted by Crippen LogP contribution is 2.26. The summed E-state index contributed by atoms with van der Waals surface area (Å²) < 4.78 is 0. The van der Waals surface area contributed by atoms with Gasteiger partial charge < -0.3 is 10.4 Å². The average Bonchev–Trinajstić information content (AvgIpc) is 2.52. The largest absolute Gasteiger partial charge is 0.389 e. The van der Waals surface area contributed by atoms with Crippen molar-refractivity contribution in [1.29, 1.82) is 0 Å². The molecule has 0 bridgehead atoms. The minimum absolute atomic E-state index is 0.138. The van der Waals surface area contributed by atoms with E-state index in [-0.39, 0.29) is 5.41 Å². The van der Waals surface area contributed by atoms with Crippen LogP contribution in [0.5, 0.6) is 0 Å². The minimum atomic E-state index is -0.633. The molecule has 0 aliphatic carbocycles. The molecule has 0 amide bonds. The van der Waals surface area contributed by atoms with Crippen molar-refractivity contribution in [2.24, 2.45) is 0 Å². The average molecular weight is 227 g/mol. The fourth-order valence-electron chi connectivity index (χ4n) is 1.43. The van der Waals surface area contributed by atoms with E-state index in [1.54, 1.807) is 11.3 Å². The maximum absolute atomic E-state index is 9.59. The van der Waals surface area contributed by atoms with Crippen LogP contribution in [0, 0.1) is 0 Å². The van der Waals surface area contributed by atoms with Crippen molar-refractivity contribution in [1.82, 2.24) is 5.32 Å². The topological polar surface area (TPSA) is 32.3 Å². The molecular formula is C12H21NOS. The first-order chi connectivity index (χ1) is 6.81. The third kappa shape index (κ3) is 4.33. The number of nitrogens with one attached hydrogen (secondary N) is 1. The van der Waals surface area contributed by atoms with Crippen LogP contribution < -0.4 is 5.32 Å². The highest BCUT2D eigenvalue weighted by atomic mass is 32.1. The summed E-state index contributed by atoms with van der Waals surface area (Å²) in [4.78, 5) is 1.38. The second kappa shape index (κ2) is 4.64. The van der Waals surface area contributed by atoms with E-state index in [1.165, 1.54) is 4.88 Å². The van der Waals surface area contributed by atoms with E-state index in [0.717, 1.165) is 6.54 Å². The Hall–Kier alpha value is -0.380. The second-order valence-corrected chi connectivity index (χ2v) is 6.22. The summed E-state index contributed by atoms with van der Waals surface area (Å²) in [6, 6.07) is 4.24. The first-order valence-corrected chi connectivity index (χ1v) is 6.16. The van der Waals surface area contributed by atoms with Crippen molar-refractivity contribution < 1.29 is 5.11 Å². The number of hydrogen-bond acceptors (Lipinski definition) is 3. The monoisotopic (exact) mass is 227 g/mol. The fraction of sp³-hybridized carbons (Fsp3) is 0.667. The molecule has 15 heavy (non-hydrogen) atoms. The molecule has 0 atom stereocenters. The number of aliphatic hydroxyl groups is 1. The van der Waals surface area contributed by atoms with Crippen LogP contribution in [0.4, 0.5) is 0 Å². The fourth-order valence-corrected chi connectivity index (χ4v) is 2.28. The van der Waals surface area contributed by atoms with E-state index in [2.05, 4.69) is 36.7 Å². The molecule has 86 valence electrons. The predicted octanol–water partition coefficient (Wildman–Crippen LogP) is 2.39. The summed E-state index contributed by atoms with van der Waals surface area (Å²) in [6.45, 7) is 9.59. The van der Waals surface area contributed by atoms with Gasteiger partial charge in [-0.2, -0.15) is 0 Å². The van der Waals surface area contributed by atoms with E-state index in [0.29, 0.717) is 6.54 Å². The first kappa shape index (κ1) is 12.7. The van der Waals surface area contributed by atoms with E-state index in [9.17, 15) is 5.11 Å². The van der Waals surface area contributed by atoms with Gasteiger partial charge in [0.15, 0.2) is 0 Å². The summed E-state index contributed by atoms with van der Waals surface area (Å²) in [7, 11) is 0. The lowest BCUT2D eigenvalue weighted by atomic mass is 9.91.